The number of piperidine rings is 1. The lowest BCUT2D eigenvalue weighted by atomic mass is 9.96. The lowest BCUT2D eigenvalue weighted by molar-refractivity contribution is -0.0319. The molecule has 1 saturated heterocycles. The third-order valence-corrected chi connectivity index (χ3v) is 5.82. The van der Waals surface area contributed by atoms with Crippen LogP contribution in [0.4, 0.5) is 0 Å². The first-order valence-electron chi connectivity index (χ1n) is 6.92. The second-order valence-corrected chi connectivity index (χ2v) is 7.51. The Labute approximate surface area is 126 Å². The van der Waals surface area contributed by atoms with Crippen LogP contribution in [0.15, 0.2) is 29.2 Å². The average molecular weight is 308 g/mol. The second kappa shape index (κ2) is 6.14. The summed E-state index contributed by atoms with van der Waals surface area (Å²) >= 11 is 0. The van der Waals surface area contributed by atoms with Gasteiger partial charge in [0.15, 0.2) is 0 Å². The van der Waals surface area contributed by atoms with Crippen molar-refractivity contribution < 1.29 is 13.2 Å². The fourth-order valence-corrected chi connectivity index (χ4v) is 4.14. The van der Waals surface area contributed by atoms with Crippen molar-refractivity contribution >= 4 is 10.0 Å². The first-order valence-corrected chi connectivity index (χ1v) is 8.36. The Bertz CT molecular complexity index is 634. The zero-order valence-electron chi connectivity index (χ0n) is 12.4. The van der Waals surface area contributed by atoms with Gasteiger partial charge in [0, 0.05) is 20.2 Å². The van der Waals surface area contributed by atoms with Gasteiger partial charge in [0.2, 0.25) is 10.0 Å². The Morgan fingerprint density at radius 3 is 2.62 bits per heavy atom. The summed E-state index contributed by atoms with van der Waals surface area (Å²) in [5, 5.41) is 8.65. The van der Waals surface area contributed by atoms with E-state index in [1.807, 2.05) is 13.0 Å². The molecule has 0 N–H and O–H groups in total. The quantitative estimate of drug-likeness (QED) is 0.852. The molecule has 0 aromatic heterocycles. The first-order chi connectivity index (χ1) is 9.91. The predicted octanol–water partition coefficient (Wildman–Crippen LogP) is 1.94. The predicted molar refractivity (Wildman–Crippen MR) is 79.2 cm³/mol. The van der Waals surface area contributed by atoms with E-state index in [0.29, 0.717) is 13.1 Å². The lowest BCUT2D eigenvalue weighted by Gasteiger charge is -2.38. The monoisotopic (exact) mass is 308 g/mol. The molecule has 114 valence electrons. The molecule has 1 aromatic carbocycles. The normalized spacial score (nSPS) is 23.7. The molecule has 0 aliphatic carbocycles. The molecular weight excluding hydrogens is 288 g/mol. The van der Waals surface area contributed by atoms with Crippen molar-refractivity contribution in [2.45, 2.75) is 36.7 Å². The third-order valence-electron chi connectivity index (χ3n) is 3.96. The van der Waals surface area contributed by atoms with Gasteiger partial charge in [-0.15, -0.1) is 0 Å². The Morgan fingerprint density at radius 1 is 1.38 bits per heavy atom. The SMILES string of the molecule is COC1(C)CCCN(S(=O)(=O)c2ccc(CC#N)cc2)C1. The molecule has 1 fully saturated rings. The van der Waals surface area contributed by atoms with Crippen LogP contribution in [0.25, 0.3) is 0 Å². The third kappa shape index (κ3) is 3.43. The Hall–Kier alpha value is -1.42. The fourth-order valence-electron chi connectivity index (χ4n) is 2.55. The van der Waals surface area contributed by atoms with Crippen LogP contribution in [-0.2, 0) is 21.2 Å². The summed E-state index contributed by atoms with van der Waals surface area (Å²) in [6, 6.07) is 8.57. The smallest absolute Gasteiger partial charge is 0.243 e. The van der Waals surface area contributed by atoms with E-state index in [9.17, 15) is 8.42 Å². The number of benzene rings is 1. The molecule has 1 heterocycles. The Balaban J connectivity index is 2.23. The van der Waals surface area contributed by atoms with E-state index in [2.05, 4.69) is 0 Å². The summed E-state index contributed by atoms with van der Waals surface area (Å²) in [6.45, 7) is 2.82. The lowest BCUT2D eigenvalue weighted by Crippen LogP contribution is -2.49. The number of methoxy groups -OCH3 is 1. The molecule has 1 atom stereocenters. The highest BCUT2D eigenvalue weighted by Gasteiger charge is 2.36. The molecule has 5 nitrogen and oxygen atoms in total. The van der Waals surface area contributed by atoms with Gasteiger partial charge in [0.05, 0.1) is 23.0 Å². The van der Waals surface area contributed by atoms with Crippen molar-refractivity contribution in [3.8, 4) is 6.07 Å². The summed E-state index contributed by atoms with van der Waals surface area (Å²) in [4.78, 5) is 0.268. The van der Waals surface area contributed by atoms with Crippen molar-refractivity contribution in [1.82, 2.24) is 4.31 Å². The first kappa shape index (κ1) is 16.0. The maximum atomic E-state index is 12.7. The van der Waals surface area contributed by atoms with Gasteiger partial charge < -0.3 is 4.74 Å². The van der Waals surface area contributed by atoms with E-state index in [1.54, 1.807) is 31.4 Å². The minimum atomic E-state index is -3.50. The van der Waals surface area contributed by atoms with Crippen LogP contribution < -0.4 is 0 Å². The summed E-state index contributed by atoms with van der Waals surface area (Å²) in [5.74, 6) is 0. The van der Waals surface area contributed by atoms with Gasteiger partial charge in [-0.2, -0.15) is 9.57 Å². The van der Waals surface area contributed by atoms with Crippen LogP contribution in [0.2, 0.25) is 0 Å². The second-order valence-electron chi connectivity index (χ2n) is 5.58. The number of sulfonamides is 1. The molecule has 0 amide bonds. The van der Waals surface area contributed by atoms with Crippen molar-refractivity contribution in [3.63, 3.8) is 0 Å². The molecule has 6 heteroatoms. The Kier molecular flexibility index (Phi) is 4.67. The van der Waals surface area contributed by atoms with Gasteiger partial charge in [-0.25, -0.2) is 8.42 Å². The van der Waals surface area contributed by atoms with E-state index >= 15 is 0 Å². The van der Waals surface area contributed by atoms with Crippen LogP contribution in [0.5, 0.6) is 0 Å². The van der Waals surface area contributed by atoms with Gasteiger partial charge in [-0.05, 0) is 37.5 Å². The molecule has 0 bridgehead atoms. The summed E-state index contributed by atoms with van der Waals surface area (Å²) in [7, 11) is -1.89. The average Bonchev–Trinajstić information content (AvgIpc) is 2.48. The number of ether oxygens (including phenoxy) is 1. The Morgan fingerprint density at radius 2 is 2.05 bits per heavy atom. The molecule has 0 radical (unpaired) electrons. The number of hydrogen-bond donors (Lipinski definition) is 0. The maximum Gasteiger partial charge on any atom is 0.243 e. The minimum Gasteiger partial charge on any atom is -0.377 e. The highest BCUT2D eigenvalue weighted by molar-refractivity contribution is 7.89. The maximum absolute atomic E-state index is 12.7. The van der Waals surface area contributed by atoms with Gasteiger partial charge in [-0.1, -0.05) is 12.1 Å². The molecule has 21 heavy (non-hydrogen) atoms. The highest BCUT2D eigenvalue weighted by atomic mass is 32.2. The topological polar surface area (TPSA) is 70.4 Å². The van der Waals surface area contributed by atoms with E-state index in [4.69, 9.17) is 10.00 Å². The van der Waals surface area contributed by atoms with Crippen molar-refractivity contribution in [2.75, 3.05) is 20.2 Å². The van der Waals surface area contributed by atoms with Crippen molar-refractivity contribution in [3.05, 3.63) is 29.8 Å². The van der Waals surface area contributed by atoms with E-state index in [0.717, 1.165) is 18.4 Å². The number of hydrogen-bond acceptors (Lipinski definition) is 4. The molecule has 1 aliphatic rings. The van der Waals surface area contributed by atoms with E-state index < -0.39 is 15.6 Å². The standard InChI is InChI=1S/C15H20N2O3S/c1-15(20-2)9-3-11-17(12-15)21(18,19)14-6-4-13(5-7-14)8-10-16/h4-7H,3,8-9,11-12H2,1-2H3. The van der Waals surface area contributed by atoms with E-state index in [1.165, 1.54) is 4.31 Å². The van der Waals surface area contributed by atoms with Crippen molar-refractivity contribution in [1.29, 1.82) is 5.26 Å². The minimum absolute atomic E-state index is 0.268. The van der Waals surface area contributed by atoms with Gasteiger partial charge in [-0.3, -0.25) is 0 Å². The molecule has 0 saturated carbocycles. The van der Waals surface area contributed by atoms with Crippen LogP contribution in [0.1, 0.15) is 25.3 Å². The van der Waals surface area contributed by atoms with Crippen LogP contribution in [0, 0.1) is 11.3 Å². The largest absolute Gasteiger partial charge is 0.377 e. The summed E-state index contributed by atoms with van der Waals surface area (Å²) in [5.41, 5.74) is 0.392. The molecule has 2 rings (SSSR count). The zero-order valence-corrected chi connectivity index (χ0v) is 13.2. The summed E-state index contributed by atoms with van der Waals surface area (Å²) < 4.78 is 32.3. The van der Waals surface area contributed by atoms with Crippen LogP contribution in [0.3, 0.4) is 0 Å². The number of rotatable bonds is 4. The fraction of sp³-hybridized carbons (Fsp3) is 0.533. The molecule has 1 aliphatic heterocycles. The van der Waals surface area contributed by atoms with Gasteiger partial charge >= 0.3 is 0 Å². The highest BCUT2D eigenvalue weighted by Crippen LogP contribution is 2.28. The zero-order chi connectivity index (χ0) is 15.5. The van der Waals surface area contributed by atoms with Crippen molar-refractivity contribution in [2.24, 2.45) is 0 Å². The van der Waals surface area contributed by atoms with Gasteiger partial charge in [0.1, 0.15) is 0 Å². The molecule has 0 spiro atoms. The number of nitrogens with zero attached hydrogens (tertiary/aromatic N) is 2. The molecule has 1 unspecified atom stereocenters. The van der Waals surface area contributed by atoms with Crippen LogP contribution in [-0.4, -0.2) is 38.5 Å². The molecular formula is C15H20N2O3S. The van der Waals surface area contributed by atoms with Gasteiger partial charge in [0.25, 0.3) is 0 Å². The summed E-state index contributed by atoms with van der Waals surface area (Å²) in [6.07, 6.45) is 1.93. The number of nitriles is 1. The molecule has 1 aromatic rings. The van der Waals surface area contributed by atoms with E-state index in [-0.39, 0.29) is 11.3 Å². The van der Waals surface area contributed by atoms with Crippen LogP contribution >= 0.6 is 0 Å².